The van der Waals surface area contributed by atoms with Gasteiger partial charge >= 0.3 is 0 Å². The van der Waals surface area contributed by atoms with E-state index in [0.717, 1.165) is 24.9 Å². The van der Waals surface area contributed by atoms with E-state index in [0.29, 0.717) is 0 Å². The summed E-state index contributed by atoms with van der Waals surface area (Å²) in [6.45, 7) is 7.27. The molecule has 2 aromatic rings. The molecule has 4 heterocycles. The molecule has 0 atom stereocenters. The molecule has 2 aliphatic rings. The summed E-state index contributed by atoms with van der Waals surface area (Å²) in [7, 11) is 2.22. The van der Waals surface area contributed by atoms with Gasteiger partial charge in [0.05, 0.1) is 12.7 Å². The smallest absolute Gasteiger partial charge is 0.0945 e. The third kappa shape index (κ3) is 8.70. The van der Waals surface area contributed by atoms with Gasteiger partial charge in [0, 0.05) is 37.9 Å². The number of hydrogen-bond acceptors (Lipinski definition) is 4. The molecule has 29 heavy (non-hydrogen) atoms. The molecule has 162 valence electrons. The molecule has 6 heteroatoms. The summed E-state index contributed by atoms with van der Waals surface area (Å²) in [4.78, 5) is 10.5. The minimum atomic E-state index is 0.958. The van der Waals surface area contributed by atoms with Crippen LogP contribution in [0.1, 0.15) is 51.4 Å². The zero-order valence-electron chi connectivity index (χ0n) is 18.3. The van der Waals surface area contributed by atoms with Crippen molar-refractivity contribution in [1.82, 2.24) is 29.3 Å². The van der Waals surface area contributed by atoms with Gasteiger partial charge in [0.2, 0.25) is 0 Å². The summed E-state index contributed by atoms with van der Waals surface area (Å²) in [6.07, 6.45) is 22.5. The summed E-state index contributed by atoms with van der Waals surface area (Å²) >= 11 is 0. The molecule has 1 N–H and O–H groups in total. The molecule has 2 saturated heterocycles. The minimum Gasteiger partial charge on any atom is -0.337 e. The summed E-state index contributed by atoms with van der Waals surface area (Å²) in [5, 5.41) is 3.40. The Kier molecular flexibility index (Phi) is 9.73. The number of piperidine rings is 2. The number of aryl methyl sites for hydroxylation is 2. The van der Waals surface area contributed by atoms with E-state index in [1.165, 1.54) is 77.5 Å². The van der Waals surface area contributed by atoms with Crippen molar-refractivity contribution in [1.29, 1.82) is 0 Å². The van der Waals surface area contributed by atoms with Crippen molar-refractivity contribution >= 4 is 0 Å². The molecule has 0 aliphatic carbocycles. The van der Waals surface area contributed by atoms with Crippen LogP contribution in [0.4, 0.5) is 0 Å². The third-order valence-electron chi connectivity index (χ3n) is 6.47. The number of nitrogens with zero attached hydrogens (tertiary/aromatic N) is 5. The van der Waals surface area contributed by atoms with E-state index in [1.54, 1.807) is 0 Å². The lowest BCUT2D eigenvalue weighted by atomic mass is 9.92. The molecule has 0 aromatic carbocycles. The standard InChI is InChI=1S/C12H21N3.C11H19N3/c1-14-8-4-12(5-9-14)3-2-7-15-10-6-13-11-15;1(8-14-9-7-13-10-14)2-11-3-5-12-6-4-11/h6,10-12H,2-5,7-9H2,1H3;7,9-12H,1-6,8H2. The van der Waals surface area contributed by atoms with E-state index in [1.807, 2.05) is 31.2 Å². The van der Waals surface area contributed by atoms with Crippen LogP contribution >= 0.6 is 0 Å². The van der Waals surface area contributed by atoms with Crippen LogP contribution in [0.25, 0.3) is 0 Å². The highest BCUT2D eigenvalue weighted by atomic mass is 15.1. The maximum atomic E-state index is 4.05. The SMILES string of the molecule is CN1CCC(CCCn2ccnc2)CC1.c1cn(CCCC2CCNCC2)cn1. The van der Waals surface area contributed by atoms with Crippen molar-refractivity contribution in [3.05, 3.63) is 37.4 Å². The summed E-state index contributed by atoms with van der Waals surface area (Å²) < 4.78 is 4.34. The maximum Gasteiger partial charge on any atom is 0.0945 e. The largest absolute Gasteiger partial charge is 0.337 e. The molecule has 0 amide bonds. The fraction of sp³-hybridized carbons (Fsp3) is 0.739. The zero-order chi connectivity index (χ0) is 20.2. The van der Waals surface area contributed by atoms with Crippen LogP contribution in [0, 0.1) is 11.8 Å². The van der Waals surface area contributed by atoms with Gasteiger partial charge in [-0.25, -0.2) is 9.97 Å². The average Bonchev–Trinajstić information content (AvgIpc) is 3.45. The van der Waals surface area contributed by atoms with E-state index in [-0.39, 0.29) is 0 Å². The van der Waals surface area contributed by atoms with Crippen LogP contribution in [0.15, 0.2) is 37.4 Å². The van der Waals surface area contributed by atoms with Crippen LogP contribution in [0.5, 0.6) is 0 Å². The van der Waals surface area contributed by atoms with Gasteiger partial charge in [0.25, 0.3) is 0 Å². The molecule has 4 rings (SSSR count). The van der Waals surface area contributed by atoms with Crippen LogP contribution in [0.3, 0.4) is 0 Å². The molecular weight excluding hydrogens is 360 g/mol. The van der Waals surface area contributed by atoms with E-state index < -0.39 is 0 Å². The fourth-order valence-electron chi connectivity index (χ4n) is 4.48. The monoisotopic (exact) mass is 400 g/mol. The Bertz CT molecular complexity index is 610. The van der Waals surface area contributed by atoms with Gasteiger partial charge in [-0.3, -0.25) is 0 Å². The van der Waals surface area contributed by atoms with Crippen LogP contribution < -0.4 is 5.32 Å². The van der Waals surface area contributed by atoms with E-state index in [2.05, 4.69) is 42.6 Å². The Balaban J connectivity index is 0.000000166. The topological polar surface area (TPSA) is 50.9 Å². The highest BCUT2D eigenvalue weighted by Crippen LogP contribution is 2.21. The number of aromatic nitrogens is 4. The molecule has 6 nitrogen and oxygen atoms in total. The highest BCUT2D eigenvalue weighted by Gasteiger charge is 2.15. The first-order valence-electron chi connectivity index (χ1n) is 11.6. The second-order valence-corrected chi connectivity index (χ2v) is 8.83. The summed E-state index contributed by atoms with van der Waals surface area (Å²) in [5.74, 6) is 1.92. The van der Waals surface area contributed by atoms with Crippen LogP contribution in [0.2, 0.25) is 0 Å². The predicted molar refractivity (Wildman–Crippen MR) is 119 cm³/mol. The Morgan fingerprint density at radius 3 is 1.79 bits per heavy atom. The molecule has 2 fully saturated rings. The van der Waals surface area contributed by atoms with E-state index in [4.69, 9.17) is 0 Å². The second kappa shape index (κ2) is 12.8. The summed E-state index contributed by atoms with van der Waals surface area (Å²) in [6, 6.07) is 0. The normalized spacial score (nSPS) is 19.1. The molecule has 0 saturated carbocycles. The zero-order valence-corrected chi connectivity index (χ0v) is 18.3. The molecule has 0 bridgehead atoms. The van der Waals surface area contributed by atoms with Crippen LogP contribution in [-0.2, 0) is 13.1 Å². The molecular formula is C23H40N6. The van der Waals surface area contributed by atoms with Crippen molar-refractivity contribution in [3.8, 4) is 0 Å². The van der Waals surface area contributed by atoms with Gasteiger partial charge in [-0.2, -0.15) is 0 Å². The van der Waals surface area contributed by atoms with Crippen molar-refractivity contribution < 1.29 is 0 Å². The lowest BCUT2D eigenvalue weighted by Crippen LogP contribution is -2.30. The number of hydrogen-bond donors (Lipinski definition) is 1. The Morgan fingerprint density at radius 1 is 0.793 bits per heavy atom. The van der Waals surface area contributed by atoms with Crippen molar-refractivity contribution in [2.75, 3.05) is 33.2 Å². The van der Waals surface area contributed by atoms with Crippen molar-refractivity contribution in [3.63, 3.8) is 0 Å². The first kappa shape index (κ1) is 22.0. The molecule has 2 aliphatic heterocycles. The van der Waals surface area contributed by atoms with Crippen LogP contribution in [-0.4, -0.2) is 57.2 Å². The Hall–Kier alpha value is -1.66. The minimum absolute atomic E-state index is 0.958. The van der Waals surface area contributed by atoms with Gasteiger partial charge < -0.3 is 19.4 Å². The van der Waals surface area contributed by atoms with Crippen molar-refractivity contribution in [2.24, 2.45) is 11.8 Å². The van der Waals surface area contributed by atoms with E-state index >= 15 is 0 Å². The molecule has 2 aromatic heterocycles. The number of likely N-dealkylation sites (tertiary alicyclic amines) is 1. The van der Waals surface area contributed by atoms with Gasteiger partial charge in [-0.05, 0) is 96.4 Å². The molecule has 0 unspecified atom stereocenters. The second-order valence-electron chi connectivity index (χ2n) is 8.83. The fourth-order valence-corrected chi connectivity index (χ4v) is 4.48. The lowest BCUT2D eigenvalue weighted by molar-refractivity contribution is 0.209. The van der Waals surface area contributed by atoms with Gasteiger partial charge in [-0.15, -0.1) is 0 Å². The van der Waals surface area contributed by atoms with Gasteiger partial charge in [-0.1, -0.05) is 0 Å². The molecule has 0 radical (unpaired) electrons. The number of nitrogens with one attached hydrogen (secondary N) is 1. The number of imidazole rings is 2. The first-order valence-corrected chi connectivity index (χ1v) is 11.6. The maximum absolute atomic E-state index is 4.05. The average molecular weight is 401 g/mol. The number of rotatable bonds is 8. The van der Waals surface area contributed by atoms with Gasteiger partial charge in [0.1, 0.15) is 0 Å². The Morgan fingerprint density at radius 2 is 1.31 bits per heavy atom. The van der Waals surface area contributed by atoms with Crippen molar-refractivity contribution in [2.45, 2.75) is 64.5 Å². The molecule has 0 spiro atoms. The Labute approximate surface area is 176 Å². The quantitative estimate of drug-likeness (QED) is 0.735. The predicted octanol–water partition coefficient (Wildman–Crippen LogP) is 3.67. The first-order chi connectivity index (χ1) is 14.3. The summed E-state index contributed by atoms with van der Waals surface area (Å²) in [5.41, 5.74) is 0. The van der Waals surface area contributed by atoms with Gasteiger partial charge in [0.15, 0.2) is 0 Å². The lowest BCUT2D eigenvalue weighted by Gasteiger charge is -2.28. The third-order valence-corrected chi connectivity index (χ3v) is 6.47. The highest BCUT2D eigenvalue weighted by molar-refractivity contribution is 4.76. The van der Waals surface area contributed by atoms with E-state index in [9.17, 15) is 0 Å².